The van der Waals surface area contributed by atoms with Crippen molar-refractivity contribution in [3.8, 4) is 5.75 Å². The van der Waals surface area contributed by atoms with E-state index in [0.717, 1.165) is 0 Å². The van der Waals surface area contributed by atoms with Crippen LogP contribution in [0.25, 0.3) is 0 Å². The zero-order chi connectivity index (χ0) is 19.3. The highest BCUT2D eigenvalue weighted by Gasteiger charge is 2.17. The molecule has 0 aliphatic carbocycles. The van der Waals surface area contributed by atoms with Gasteiger partial charge in [0, 0.05) is 5.69 Å². The van der Waals surface area contributed by atoms with E-state index in [1.165, 1.54) is 12.7 Å². The van der Waals surface area contributed by atoms with Gasteiger partial charge in [-0.1, -0.05) is 32.9 Å². The first kappa shape index (κ1) is 19.5. The highest BCUT2D eigenvalue weighted by atomic mass is 16.5. The number of nitrogens with one attached hydrogen (secondary N) is 1. The van der Waals surface area contributed by atoms with Crippen LogP contribution < -0.4 is 10.1 Å². The van der Waals surface area contributed by atoms with E-state index >= 15 is 0 Å². The molecule has 0 unspecified atom stereocenters. The van der Waals surface area contributed by atoms with Gasteiger partial charge in [-0.3, -0.25) is 4.79 Å². The number of carbonyl (C=O) groups is 2. The van der Waals surface area contributed by atoms with Crippen LogP contribution in [0.4, 0.5) is 5.69 Å². The predicted molar refractivity (Wildman–Crippen MR) is 102 cm³/mol. The Balaban J connectivity index is 1.96. The molecule has 0 aromatic heterocycles. The van der Waals surface area contributed by atoms with E-state index in [4.69, 9.17) is 4.74 Å². The van der Waals surface area contributed by atoms with E-state index in [1.807, 2.05) is 24.3 Å². The Hall–Kier alpha value is -2.82. The summed E-state index contributed by atoms with van der Waals surface area (Å²) in [4.78, 5) is 23.7. The number of carbonyl (C=O) groups excluding carboxylic acids is 2. The normalized spacial score (nSPS) is 12.2. The van der Waals surface area contributed by atoms with Crippen LogP contribution in [0, 0.1) is 0 Å². The molecule has 0 radical (unpaired) electrons. The second-order valence-corrected chi connectivity index (χ2v) is 7.09. The molecule has 0 aliphatic rings. The summed E-state index contributed by atoms with van der Waals surface area (Å²) in [5.41, 5.74) is 2.28. The van der Waals surface area contributed by atoms with Crippen LogP contribution >= 0.6 is 0 Å². The fourth-order valence-corrected chi connectivity index (χ4v) is 2.34. The van der Waals surface area contributed by atoms with Gasteiger partial charge in [0.25, 0.3) is 5.91 Å². The Morgan fingerprint density at radius 3 is 2.04 bits per heavy atom. The van der Waals surface area contributed by atoms with Crippen molar-refractivity contribution in [2.45, 2.75) is 39.2 Å². The number of hydrogen-bond acceptors (Lipinski definition) is 4. The highest BCUT2D eigenvalue weighted by molar-refractivity contribution is 5.95. The predicted octanol–water partition coefficient (Wildman–Crippen LogP) is 4.18. The van der Waals surface area contributed by atoms with Crippen molar-refractivity contribution >= 4 is 17.6 Å². The quantitative estimate of drug-likeness (QED) is 0.817. The van der Waals surface area contributed by atoms with Crippen LogP contribution in [0.2, 0.25) is 0 Å². The van der Waals surface area contributed by atoms with Crippen LogP contribution in [-0.2, 0) is 14.9 Å². The molecule has 0 aliphatic heterocycles. The minimum absolute atomic E-state index is 0.0673. The van der Waals surface area contributed by atoms with Gasteiger partial charge in [0.05, 0.1) is 12.7 Å². The minimum atomic E-state index is -0.657. The Morgan fingerprint density at radius 1 is 0.962 bits per heavy atom. The third kappa shape index (κ3) is 5.09. The fourth-order valence-electron chi connectivity index (χ4n) is 2.34. The fraction of sp³-hybridized carbons (Fsp3) is 0.333. The van der Waals surface area contributed by atoms with Gasteiger partial charge in [-0.25, -0.2) is 4.79 Å². The van der Waals surface area contributed by atoms with Crippen LogP contribution in [0.1, 0.15) is 43.6 Å². The lowest BCUT2D eigenvalue weighted by Gasteiger charge is -2.20. The number of ether oxygens (including phenoxy) is 2. The Morgan fingerprint density at radius 2 is 1.54 bits per heavy atom. The Kier molecular flexibility index (Phi) is 6.03. The number of methoxy groups -OCH3 is 1. The molecule has 0 bridgehead atoms. The zero-order valence-corrected chi connectivity index (χ0v) is 15.8. The molecule has 0 spiro atoms. The lowest BCUT2D eigenvalue weighted by Crippen LogP contribution is -2.30. The number of rotatable bonds is 5. The van der Waals surface area contributed by atoms with Gasteiger partial charge in [-0.15, -0.1) is 0 Å². The topological polar surface area (TPSA) is 64.6 Å². The summed E-state index contributed by atoms with van der Waals surface area (Å²) in [5, 5.41) is 2.77. The maximum absolute atomic E-state index is 12.3. The smallest absolute Gasteiger partial charge is 0.337 e. The summed E-state index contributed by atoms with van der Waals surface area (Å²) in [6.45, 7) is 8.12. The average molecular weight is 355 g/mol. The van der Waals surface area contributed by atoms with E-state index in [9.17, 15) is 9.59 Å². The Bertz CT molecular complexity index is 758. The van der Waals surface area contributed by atoms with Crippen LogP contribution in [-0.4, -0.2) is 25.1 Å². The molecule has 0 fully saturated rings. The van der Waals surface area contributed by atoms with E-state index in [0.29, 0.717) is 17.0 Å². The number of hydrogen-bond donors (Lipinski definition) is 1. The number of anilines is 1. The molecule has 1 atom stereocenters. The first-order valence-corrected chi connectivity index (χ1v) is 8.47. The van der Waals surface area contributed by atoms with E-state index < -0.39 is 12.1 Å². The maximum atomic E-state index is 12.3. The van der Waals surface area contributed by atoms with Crippen molar-refractivity contribution in [1.29, 1.82) is 0 Å². The molecule has 0 saturated heterocycles. The molecule has 26 heavy (non-hydrogen) atoms. The monoisotopic (exact) mass is 355 g/mol. The molecule has 2 aromatic carbocycles. The van der Waals surface area contributed by atoms with E-state index in [2.05, 4.69) is 30.8 Å². The van der Waals surface area contributed by atoms with Gasteiger partial charge in [0.15, 0.2) is 6.10 Å². The summed E-state index contributed by atoms with van der Waals surface area (Å²) < 4.78 is 10.4. The van der Waals surface area contributed by atoms with E-state index in [1.54, 1.807) is 31.2 Å². The maximum Gasteiger partial charge on any atom is 0.337 e. The van der Waals surface area contributed by atoms with Crippen LogP contribution in [0.5, 0.6) is 5.75 Å². The van der Waals surface area contributed by atoms with Crippen molar-refractivity contribution in [2.75, 3.05) is 12.4 Å². The van der Waals surface area contributed by atoms with Gasteiger partial charge >= 0.3 is 5.97 Å². The van der Waals surface area contributed by atoms with Gasteiger partial charge < -0.3 is 14.8 Å². The highest BCUT2D eigenvalue weighted by Crippen LogP contribution is 2.24. The SMILES string of the molecule is COC(=O)c1ccc(NC(=O)[C@H](C)Oc2ccc(C(C)(C)C)cc2)cc1. The summed E-state index contributed by atoms with van der Waals surface area (Å²) in [7, 11) is 1.32. The lowest BCUT2D eigenvalue weighted by molar-refractivity contribution is -0.122. The van der Waals surface area contributed by atoms with Crippen molar-refractivity contribution in [1.82, 2.24) is 0 Å². The molecule has 2 aromatic rings. The van der Waals surface area contributed by atoms with Crippen molar-refractivity contribution in [2.24, 2.45) is 0 Å². The van der Waals surface area contributed by atoms with Crippen molar-refractivity contribution in [3.63, 3.8) is 0 Å². The second-order valence-electron chi connectivity index (χ2n) is 7.09. The molecule has 5 nitrogen and oxygen atoms in total. The van der Waals surface area contributed by atoms with Gasteiger partial charge in [0.1, 0.15) is 5.75 Å². The number of amides is 1. The first-order valence-electron chi connectivity index (χ1n) is 8.47. The molecule has 138 valence electrons. The van der Waals surface area contributed by atoms with Gasteiger partial charge in [0.2, 0.25) is 0 Å². The summed E-state index contributed by atoms with van der Waals surface area (Å²) in [5.74, 6) is -0.0457. The van der Waals surface area contributed by atoms with E-state index in [-0.39, 0.29) is 11.3 Å². The average Bonchev–Trinajstić information content (AvgIpc) is 2.61. The second kappa shape index (κ2) is 8.04. The number of esters is 1. The Labute approximate surface area is 154 Å². The lowest BCUT2D eigenvalue weighted by atomic mass is 9.87. The van der Waals surface area contributed by atoms with Gasteiger partial charge in [-0.2, -0.15) is 0 Å². The first-order chi connectivity index (χ1) is 12.2. The van der Waals surface area contributed by atoms with Gasteiger partial charge in [-0.05, 0) is 54.3 Å². The molecule has 0 saturated carbocycles. The molecule has 0 heterocycles. The molecule has 1 amide bonds. The summed E-state index contributed by atoms with van der Waals surface area (Å²) >= 11 is 0. The largest absolute Gasteiger partial charge is 0.481 e. The van der Waals surface area contributed by atoms with Crippen LogP contribution in [0.15, 0.2) is 48.5 Å². The molecular weight excluding hydrogens is 330 g/mol. The number of benzene rings is 2. The van der Waals surface area contributed by atoms with Crippen molar-refractivity contribution in [3.05, 3.63) is 59.7 Å². The summed E-state index contributed by atoms with van der Waals surface area (Å²) in [6.07, 6.45) is -0.657. The summed E-state index contributed by atoms with van der Waals surface area (Å²) in [6, 6.07) is 14.2. The standard InChI is InChI=1S/C21H25NO4/c1-14(26-18-12-8-16(9-13-18)21(2,3)4)19(23)22-17-10-6-15(7-11-17)20(24)25-5/h6-14H,1-5H3,(H,22,23)/t14-/m0/s1. The zero-order valence-electron chi connectivity index (χ0n) is 15.8. The van der Waals surface area contributed by atoms with Crippen molar-refractivity contribution < 1.29 is 19.1 Å². The molecule has 1 N–H and O–H groups in total. The molecule has 2 rings (SSSR count). The molecule has 5 heteroatoms. The third-order valence-electron chi connectivity index (χ3n) is 3.98. The van der Waals surface area contributed by atoms with Crippen LogP contribution in [0.3, 0.4) is 0 Å². The third-order valence-corrected chi connectivity index (χ3v) is 3.98. The minimum Gasteiger partial charge on any atom is -0.481 e. The molecular formula is C21H25NO4.